The highest BCUT2D eigenvalue weighted by Gasteiger charge is 1.90. The van der Waals surface area contributed by atoms with E-state index in [0.717, 1.165) is 30.4 Å². The van der Waals surface area contributed by atoms with E-state index in [9.17, 15) is 4.79 Å². The zero-order valence-corrected chi connectivity index (χ0v) is 9.36. The molecule has 0 fully saturated rings. The van der Waals surface area contributed by atoms with Gasteiger partial charge < -0.3 is 10.4 Å². The molecular weight excluding hydrogens is 190 g/mol. The Bertz CT molecular complexity index is 270. The Hall–Kier alpha value is -1.19. The van der Waals surface area contributed by atoms with E-state index >= 15 is 0 Å². The van der Waals surface area contributed by atoms with Gasteiger partial charge in [0.15, 0.2) is 0 Å². The molecular formula is C12H19NO2. The van der Waals surface area contributed by atoms with Gasteiger partial charge in [-0.05, 0) is 32.5 Å². The summed E-state index contributed by atoms with van der Waals surface area (Å²) in [6.45, 7) is 3.13. The molecule has 0 aliphatic carbocycles. The number of aliphatic hydroxyl groups excluding tert-OH is 1. The Morgan fingerprint density at radius 2 is 2.07 bits per heavy atom. The van der Waals surface area contributed by atoms with Gasteiger partial charge in [0.05, 0.1) is 0 Å². The first-order chi connectivity index (χ1) is 7.26. The summed E-state index contributed by atoms with van der Waals surface area (Å²) in [5.41, 5.74) is 1.81. The van der Waals surface area contributed by atoms with E-state index in [2.05, 4.69) is 5.32 Å². The van der Waals surface area contributed by atoms with E-state index in [1.54, 1.807) is 0 Å². The van der Waals surface area contributed by atoms with Gasteiger partial charge in [-0.2, -0.15) is 0 Å². The molecule has 0 spiro atoms. The number of aldehydes is 1. The maximum atomic E-state index is 10.2. The van der Waals surface area contributed by atoms with Crippen LogP contribution in [0.25, 0.3) is 0 Å². The Kier molecular flexibility index (Phi) is 8.63. The molecule has 0 saturated heterocycles. The van der Waals surface area contributed by atoms with Crippen LogP contribution in [-0.2, 0) is 0 Å². The van der Waals surface area contributed by atoms with E-state index in [1.165, 1.54) is 0 Å². The lowest BCUT2D eigenvalue weighted by atomic mass is 10.1. The molecule has 0 unspecified atom stereocenters. The van der Waals surface area contributed by atoms with Gasteiger partial charge in [0, 0.05) is 12.2 Å². The predicted octanol–water partition coefficient (Wildman–Crippen LogP) is 1.40. The first-order valence-corrected chi connectivity index (χ1v) is 5.02. The number of carbonyl (C=O) groups is 1. The third kappa shape index (κ3) is 6.82. The fourth-order valence-corrected chi connectivity index (χ4v) is 0.975. The van der Waals surface area contributed by atoms with E-state index in [0.29, 0.717) is 6.61 Å². The molecule has 0 bridgehead atoms. The number of nitrogens with one attached hydrogen (secondary N) is 1. The molecule has 0 atom stereocenters. The van der Waals surface area contributed by atoms with Crippen molar-refractivity contribution in [2.24, 2.45) is 0 Å². The second-order valence-corrected chi connectivity index (χ2v) is 3.16. The Morgan fingerprint density at radius 1 is 1.40 bits per heavy atom. The molecule has 1 aromatic carbocycles. The predicted molar refractivity (Wildman–Crippen MR) is 62.2 cm³/mol. The molecule has 2 N–H and O–H groups in total. The molecule has 0 aliphatic heterocycles. The zero-order chi connectivity index (χ0) is 11.5. The van der Waals surface area contributed by atoms with Crippen LogP contribution in [0.1, 0.15) is 22.3 Å². The molecule has 0 aliphatic rings. The van der Waals surface area contributed by atoms with Crippen LogP contribution in [0.15, 0.2) is 24.3 Å². The van der Waals surface area contributed by atoms with E-state index in [4.69, 9.17) is 5.11 Å². The first-order valence-electron chi connectivity index (χ1n) is 5.02. The summed E-state index contributed by atoms with van der Waals surface area (Å²) >= 11 is 0. The molecule has 3 heteroatoms. The second-order valence-electron chi connectivity index (χ2n) is 3.16. The van der Waals surface area contributed by atoms with Crippen molar-refractivity contribution >= 4 is 6.29 Å². The minimum atomic E-state index is 0.292. The monoisotopic (exact) mass is 209 g/mol. The smallest absolute Gasteiger partial charge is 0.150 e. The van der Waals surface area contributed by atoms with E-state index in [-0.39, 0.29) is 0 Å². The second kappa shape index (κ2) is 9.37. The largest absolute Gasteiger partial charge is 0.396 e. The van der Waals surface area contributed by atoms with Gasteiger partial charge in [0.1, 0.15) is 6.29 Å². The van der Waals surface area contributed by atoms with Crippen molar-refractivity contribution in [2.75, 3.05) is 20.2 Å². The number of aliphatic hydroxyl groups is 1. The zero-order valence-electron chi connectivity index (χ0n) is 9.36. The summed E-state index contributed by atoms with van der Waals surface area (Å²) in [4.78, 5) is 10.2. The van der Waals surface area contributed by atoms with Gasteiger partial charge in [-0.25, -0.2) is 0 Å². The molecule has 0 heterocycles. The summed E-state index contributed by atoms with van der Waals surface area (Å²) in [6.07, 6.45) is 1.73. The SMILES string of the molecule is CNCCCO.Cc1ccccc1C=O. The van der Waals surface area contributed by atoms with Gasteiger partial charge in [-0.3, -0.25) is 4.79 Å². The van der Waals surface area contributed by atoms with Crippen LogP contribution in [0.5, 0.6) is 0 Å². The van der Waals surface area contributed by atoms with Crippen LogP contribution in [0.4, 0.5) is 0 Å². The summed E-state index contributed by atoms with van der Waals surface area (Å²) in [5.74, 6) is 0. The molecule has 84 valence electrons. The summed E-state index contributed by atoms with van der Waals surface area (Å²) < 4.78 is 0. The summed E-state index contributed by atoms with van der Waals surface area (Å²) in [5, 5.41) is 11.1. The third-order valence-corrected chi connectivity index (χ3v) is 1.90. The van der Waals surface area contributed by atoms with Crippen molar-refractivity contribution in [2.45, 2.75) is 13.3 Å². The fourth-order valence-electron chi connectivity index (χ4n) is 0.975. The van der Waals surface area contributed by atoms with Crippen molar-refractivity contribution in [3.63, 3.8) is 0 Å². The fraction of sp³-hybridized carbons (Fsp3) is 0.417. The number of carbonyl (C=O) groups excluding carboxylic acids is 1. The van der Waals surface area contributed by atoms with Gasteiger partial charge in [0.2, 0.25) is 0 Å². The third-order valence-electron chi connectivity index (χ3n) is 1.90. The highest BCUT2D eigenvalue weighted by molar-refractivity contribution is 5.76. The standard InChI is InChI=1S/C8H8O.C4H11NO/c1-7-4-2-3-5-8(7)6-9;1-5-3-2-4-6/h2-6H,1H3;5-6H,2-4H2,1H3. The lowest BCUT2D eigenvalue weighted by Gasteiger charge is -1.92. The summed E-state index contributed by atoms with van der Waals surface area (Å²) in [6, 6.07) is 7.51. The molecule has 0 aromatic heterocycles. The van der Waals surface area contributed by atoms with Gasteiger partial charge in [-0.1, -0.05) is 24.3 Å². The molecule has 15 heavy (non-hydrogen) atoms. The Morgan fingerprint density at radius 3 is 2.40 bits per heavy atom. The molecule has 0 amide bonds. The Balaban J connectivity index is 0.000000288. The van der Waals surface area contributed by atoms with Crippen LogP contribution in [-0.4, -0.2) is 31.6 Å². The van der Waals surface area contributed by atoms with Gasteiger partial charge >= 0.3 is 0 Å². The normalized spacial score (nSPS) is 9.00. The van der Waals surface area contributed by atoms with Crippen molar-refractivity contribution in [3.8, 4) is 0 Å². The minimum absolute atomic E-state index is 0.292. The summed E-state index contributed by atoms with van der Waals surface area (Å²) in [7, 11) is 1.87. The van der Waals surface area contributed by atoms with Crippen LogP contribution >= 0.6 is 0 Å². The highest BCUT2D eigenvalue weighted by atomic mass is 16.3. The van der Waals surface area contributed by atoms with E-state index < -0.39 is 0 Å². The molecule has 1 rings (SSSR count). The molecule has 3 nitrogen and oxygen atoms in total. The van der Waals surface area contributed by atoms with Crippen LogP contribution in [0, 0.1) is 6.92 Å². The van der Waals surface area contributed by atoms with Gasteiger partial charge in [-0.15, -0.1) is 0 Å². The van der Waals surface area contributed by atoms with Crippen molar-refractivity contribution in [1.29, 1.82) is 0 Å². The number of hydrogen-bond acceptors (Lipinski definition) is 3. The average Bonchev–Trinajstić information content (AvgIpc) is 2.28. The maximum absolute atomic E-state index is 10.2. The number of hydrogen-bond donors (Lipinski definition) is 2. The lowest BCUT2D eigenvalue weighted by molar-refractivity contribution is 0.112. The highest BCUT2D eigenvalue weighted by Crippen LogP contribution is 2.02. The van der Waals surface area contributed by atoms with Crippen LogP contribution in [0.2, 0.25) is 0 Å². The Labute approximate surface area is 91.1 Å². The first kappa shape index (κ1) is 13.8. The van der Waals surface area contributed by atoms with E-state index in [1.807, 2.05) is 38.2 Å². The van der Waals surface area contributed by atoms with Crippen LogP contribution in [0.3, 0.4) is 0 Å². The average molecular weight is 209 g/mol. The lowest BCUT2D eigenvalue weighted by Crippen LogP contribution is -2.08. The van der Waals surface area contributed by atoms with Gasteiger partial charge in [0.25, 0.3) is 0 Å². The topological polar surface area (TPSA) is 49.3 Å². The minimum Gasteiger partial charge on any atom is -0.396 e. The molecule has 0 radical (unpaired) electrons. The number of benzene rings is 1. The van der Waals surface area contributed by atoms with Crippen molar-refractivity contribution in [3.05, 3.63) is 35.4 Å². The number of aryl methyl sites for hydroxylation is 1. The van der Waals surface area contributed by atoms with Crippen molar-refractivity contribution < 1.29 is 9.90 Å². The van der Waals surface area contributed by atoms with Crippen molar-refractivity contribution in [1.82, 2.24) is 5.32 Å². The molecule has 0 saturated carbocycles. The quantitative estimate of drug-likeness (QED) is 0.582. The number of rotatable bonds is 4. The maximum Gasteiger partial charge on any atom is 0.150 e. The van der Waals surface area contributed by atoms with Crippen LogP contribution < -0.4 is 5.32 Å². The molecule has 1 aromatic rings.